The fourth-order valence-corrected chi connectivity index (χ4v) is 8.64. The van der Waals surface area contributed by atoms with E-state index in [1.165, 1.54) is 43.7 Å². The van der Waals surface area contributed by atoms with Crippen LogP contribution in [0.25, 0.3) is 0 Å². The predicted octanol–water partition coefficient (Wildman–Crippen LogP) is 7.78. The number of benzene rings is 1. The van der Waals surface area contributed by atoms with E-state index in [1.807, 2.05) is 27.7 Å². The summed E-state index contributed by atoms with van der Waals surface area (Å²) < 4.78 is 0. The maximum atomic E-state index is 14.4. The summed E-state index contributed by atoms with van der Waals surface area (Å²) in [4.78, 5) is 40.9. The highest BCUT2D eigenvalue weighted by molar-refractivity contribution is 6.24. The van der Waals surface area contributed by atoms with Crippen LogP contribution in [0.5, 0.6) is 0 Å². The third-order valence-corrected chi connectivity index (χ3v) is 10.6. The van der Waals surface area contributed by atoms with Crippen LogP contribution in [0.15, 0.2) is 46.1 Å². The molecule has 0 spiro atoms. The summed E-state index contributed by atoms with van der Waals surface area (Å²) in [5, 5.41) is 0. The van der Waals surface area contributed by atoms with Crippen LogP contribution >= 0.6 is 0 Å². The third kappa shape index (κ3) is 3.71. The van der Waals surface area contributed by atoms with Crippen LogP contribution in [0.4, 0.5) is 0 Å². The van der Waals surface area contributed by atoms with Crippen LogP contribution in [0.3, 0.4) is 0 Å². The lowest BCUT2D eigenvalue weighted by Gasteiger charge is -2.59. The van der Waals surface area contributed by atoms with Gasteiger partial charge in [0.05, 0.1) is 11.0 Å². The molecule has 0 fully saturated rings. The van der Waals surface area contributed by atoms with Crippen LogP contribution in [0.2, 0.25) is 0 Å². The zero-order valence-electron chi connectivity index (χ0n) is 23.8. The average Bonchev–Trinajstić information content (AvgIpc) is 2.81. The van der Waals surface area contributed by atoms with Gasteiger partial charge in [-0.15, -0.1) is 0 Å². The van der Waals surface area contributed by atoms with Crippen molar-refractivity contribution in [2.75, 3.05) is 0 Å². The van der Waals surface area contributed by atoms with Crippen molar-refractivity contribution in [3.05, 3.63) is 68.3 Å². The van der Waals surface area contributed by atoms with E-state index >= 15 is 0 Å². The molecule has 1 aromatic carbocycles. The number of ketones is 3. The van der Waals surface area contributed by atoms with Gasteiger partial charge in [0.1, 0.15) is 0 Å². The number of aryl methyl sites for hydroxylation is 2. The van der Waals surface area contributed by atoms with E-state index < -0.39 is 5.41 Å². The molecule has 0 heterocycles. The minimum Gasteiger partial charge on any atom is -0.294 e. The molecule has 3 unspecified atom stereocenters. The number of hydrogen-bond acceptors (Lipinski definition) is 3. The molecule has 196 valence electrons. The molecular weight excluding hydrogens is 456 g/mol. The van der Waals surface area contributed by atoms with Gasteiger partial charge >= 0.3 is 0 Å². The molecule has 3 nitrogen and oxygen atoms in total. The molecule has 0 bridgehead atoms. The molecular formula is C34H42O3. The van der Waals surface area contributed by atoms with E-state index in [9.17, 15) is 14.4 Å². The average molecular weight is 499 g/mol. The van der Waals surface area contributed by atoms with Gasteiger partial charge in [0.2, 0.25) is 0 Å². The normalized spacial score (nSPS) is 31.6. The van der Waals surface area contributed by atoms with Crippen molar-refractivity contribution in [2.24, 2.45) is 16.2 Å². The summed E-state index contributed by atoms with van der Waals surface area (Å²) in [5.74, 6) is -0.155. The van der Waals surface area contributed by atoms with Crippen molar-refractivity contribution in [3.8, 4) is 0 Å². The van der Waals surface area contributed by atoms with Crippen molar-refractivity contribution in [1.29, 1.82) is 0 Å². The number of rotatable bonds is 4. The van der Waals surface area contributed by atoms with E-state index in [0.717, 1.165) is 53.5 Å². The molecule has 3 heteroatoms. The summed E-state index contributed by atoms with van der Waals surface area (Å²) in [6, 6.07) is 4.36. The molecule has 4 aliphatic carbocycles. The zero-order valence-corrected chi connectivity index (χ0v) is 23.8. The van der Waals surface area contributed by atoms with Gasteiger partial charge in [-0.1, -0.05) is 48.8 Å². The van der Waals surface area contributed by atoms with Gasteiger partial charge < -0.3 is 0 Å². The number of fused-ring (bicyclic) bond motifs is 3. The first-order chi connectivity index (χ1) is 17.3. The first-order valence-electron chi connectivity index (χ1n) is 14.2. The SMILES string of the molecule is CC(=O)C1=C(C)CC2(C)CC3(C)Cc4c(CCC5=CCCCC5)ccc(C)c4C(=O)C3=C(C)C2(C)C1=O. The molecule has 0 aromatic heterocycles. The van der Waals surface area contributed by atoms with Crippen molar-refractivity contribution in [3.63, 3.8) is 0 Å². The van der Waals surface area contributed by atoms with Gasteiger partial charge in [-0.3, -0.25) is 14.4 Å². The number of carbonyl (C=O) groups excluding carboxylic acids is 3. The molecule has 0 amide bonds. The van der Waals surface area contributed by atoms with E-state index in [2.05, 4.69) is 32.1 Å². The Kier molecular flexibility index (Phi) is 6.17. The van der Waals surface area contributed by atoms with Crippen molar-refractivity contribution < 1.29 is 14.4 Å². The molecule has 0 N–H and O–H groups in total. The Bertz CT molecular complexity index is 1330. The fourth-order valence-electron chi connectivity index (χ4n) is 8.64. The van der Waals surface area contributed by atoms with E-state index in [4.69, 9.17) is 0 Å². The van der Waals surface area contributed by atoms with E-state index in [1.54, 1.807) is 5.57 Å². The Morgan fingerprint density at radius 3 is 2.35 bits per heavy atom. The molecule has 1 aromatic rings. The van der Waals surface area contributed by atoms with Crippen LogP contribution < -0.4 is 0 Å². The first-order valence-corrected chi connectivity index (χ1v) is 14.2. The van der Waals surface area contributed by atoms with Crippen molar-refractivity contribution >= 4 is 17.3 Å². The van der Waals surface area contributed by atoms with E-state index in [-0.39, 0.29) is 28.2 Å². The molecule has 5 rings (SSSR count). The van der Waals surface area contributed by atoms with E-state index in [0.29, 0.717) is 12.0 Å². The first kappa shape index (κ1) is 26.1. The van der Waals surface area contributed by atoms with Gasteiger partial charge in [0.15, 0.2) is 17.3 Å². The molecule has 0 radical (unpaired) electrons. The third-order valence-electron chi connectivity index (χ3n) is 10.6. The Hall–Kier alpha value is -2.55. The molecule has 0 aliphatic heterocycles. The Labute approximate surface area is 222 Å². The van der Waals surface area contributed by atoms with Crippen molar-refractivity contribution in [1.82, 2.24) is 0 Å². The lowest BCUT2D eigenvalue weighted by Crippen LogP contribution is -2.57. The number of Topliss-reactive ketones (excluding diaryl/α,β-unsaturated/α-hetero) is 3. The fraction of sp³-hybridized carbons (Fsp3) is 0.559. The van der Waals surface area contributed by atoms with Gasteiger partial charge in [-0.2, -0.15) is 0 Å². The quantitative estimate of drug-likeness (QED) is 0.314. The highest BCUT2D eigenvalue weighted by Gasteiger charge is 2.63. The highest BCUT2D eigenvalue weighted by Crippen LogP contribution is 2.66. The van der Waals surface area contributed by atoms with Crippen LogP contribution in [-0.4, -0.2) is 17.3 Å². The zero-order chi connectivity index (χ0) is 26.9. The smallest absolute Gasteiger partial charge is 0.190 e. The molecule has 0 saturated heterocycles. The number of hydrogen-bond donors (Lipinski definition) is 0. The van der Waals surface area contributed by atoms with Gasteiger partial charge in [-0.05, 0) is 115 Å². The highest BCUT2D eigenvalue weighted by atomic mass is 16.2. The second kappa shape index (κ2) is 8.75. The minimum atomic E-state index is -0.853. The lowest BCUT2D eigenvalue weighted by atomic mass is 9.42. The second-order valence-corrected chi connectivity index (χ2v) is 13.1. The largest absolute Gasteiger partial charge is 0.294 e. The number of carbonyl (C=O) groups is 3. The van der Waals surface area contributed by atoms with Crippen LogP contribution in [-0.2, 0) is 22.4 Å². The van der Waals surface area contributed by atoms with Crippen LogP contribution in [0, 0.1) is 23.2 Å². The monoisotopic (exact) mass is 498 g/mol. The van der Waals surface area contributed by atoms with Crippen LogP contribution in [0.1, 0.15) is 114 Å². The summed E-state index contributed by atoms with van der Waals surface area (Å²) in [5.41, 5.74) is 7.42. The molecule has 4 aliphatic rings. The maximum Gasteiger partial charge on any atom is 0.190 e. The summed E-state index contributed by atoms with van der Waals surface area (Å²) in [6.45, 7) is 13.9. The predicted molar refractivity (Wildman–Crippen MR) is 149 cm³/mol. The van der Waals surface area contributed by atoms with Gasteiger partial charge in [-0.25, -0.2) is 0 Å². The van der Waals surface area contributed by atoms with Gasteiger partial charge in [0, 0.05) is 16.6 Å². The maximum absolute atomic E-state index is 14.4. The van der Waals surface area contributed by atoms with Gasteiger partial charge in [0.25, 0.3) is 0 Å². The Morgan fingerprint density at radius 1 is 0.973 bits per heavy atom. The minimum absolute atomic E-state index is 0.0943. The Morgan fingerprint density at radius 2 is 1.70 bits per heavy atom. The standard InChI is InChI=1S/C34H42O3/c1-20-13-15-25(16-14-24-11-9-8-10-12-24)26-18-32(5)19-33(6)17-21(2)27(23(4)35)31(37)34(33,7)22(3)29(32)30(36)28(20)26/h11,13,15H,8-10,12,14,16-19H2,1-7H3. The second-order valence-electron chi connectivity index (χ2n) is 13.1. The topological polar surface area (TPSA) is 51.2 Å². The summed E-state index contributed by atoms with van der Waals surface area (Å²) in [7, 11) is 0. The number of allylic oxidation sites excluding steroid dienone is 6. The van der Waals surface area contributed by atoms with Crippen molar-refractivity contribution in [2.45, 2.75) is 106 Å². The summed E-state index contributed by atoms with van der Waals surface area (Å²) in [6.07, 6.45) is 11.8. The lowest BCUT2D eigenvalue weighted by molar-refractivity contribution is -0.134. The molecule has 0 saturated carbocycles. The summed E-state index contributed by atoms with van der Waals surface area (Å²) >= 11 is 0. The molecule has 3 atom stereocenters. The molecule has 37 heavy (non-hydrogen) atoms. The Balaban J connectivity index is 1.63.